The fourth-order valence-electron chi connectivity index (χ4n) is 15.2. The second kappa shape index (κ2) is 26.2. The Hall–Kier alpha value is -10.7. The van der Waals surface area contributed by atoms with Crippen LogP contribution in [0.2, 0.25) is 0 Å². The Morgan fingerprint density at radius 1 is 0.219 bits per heavy atom. The van der Waals surface area contributed by atoms with Crippen molar-refractivity contribution >= 4 is 57.2 Å². The van der Waals surface area contributed by atoms with E-state index < -0.39 is 0 Å². The van der Waals surface area contributed by atoms with Crippen LogP contribution in [-0.2, 0) is 32.5 Å². The number of hydrogen-bond acceptors (Lipinski definition) is 5. The summed E-state index contributed by atoms with van der Waals surface area (Å²) >= 11 is 0. The molecule has 105 heavy (non-hydrogen) atoms. The van der Waals surface area contributed by atoms with Gasteiger partial charge >= 0.3 is 0 Å². The molecule has 0 saturated carbocycles. The van der Waals surface area contributed by atoms with E-state index in [0.29, 0.717) is 17.5 Å². The number of aromatic nitrogens is 3. The van der Waals surface area contributed by atoms with E-state index in [9.17, 15) is 0 Å². The average molecular weight is 1370 g/mol. The molecule has 522 valence electrons. The molecule has 0 saturated heterocycles. The second-order valence-corrected chi connectivity index (χ2v) is 35.5. The number of nitrogens with zero attached hydrogens (tertiary/aromatic N) is 5. The van der Waals surface area contributed by atoms with Crippen molar-refractivity contribution in [3.63, 3.8) is 0 Å². The van der Waals surface area contributed by atoms with Gasteiger partial charge in [0.15, 0.2) is 17.5 Å². The second-order valence-electron chi connectivity index (χ2n) is 35.5. The molecule has 0 radical (unpaired) electrons. The van der Waals surface area contributed by atoms with Crippen LogP contribution in [0.3, 0.4) is 0 Å². The summed E-state index contributed by atoms with van der Waals surface area (Å²) in [7, 11) is 0. The normalized spacial score (nSPS) is 13.2. The Labute approximate surface area is 625 Å². The lowest BCUT2D eigenvalue weighted by Crippen LogP contribution is -2.61. The Kier molecular flexibility index (Phi) is 17.4. The smallest absolute Gasteiger partial charge is 0.252 e. The van der Waals surface area contributed by atoms with Gasteiger partial charge in [-0.25, -0.2) is 15.0 Å². The van der Waals surface area contributed by atoms with E-state index in [4.69, 9.17) is 15.0 Å². The fraction of sp³-hybridized carbons (Fsp3) is 0.242. The number of fused-ring (bicyclic) bond motifs is 4. The van der Waals surface area contributed by atoms with Crippen LogP contribution >= 0.6 is 0 Å². The monoisotopic (exact) mass is 1370 g/mol. The van der Waals surface area contributed by atoms with E-state index in [0.717, 1.165) is 89.8 Å². The molecule has 6 heteroatoms. The summed E-state index contributed by atoms with van der Waals surface area (Å²) in [5.74, 6) is 1.80. The standard InChI is InChI=1S/C99H98BN5/c1-94(2,3)73-50-71(51-74(57-73)95(4,5)6)69-44-47-82-85(55-69)104(84-49-46-68(63-34-24-19-25-35-63)54-79(84)64-36-26-20-27-37-64)87-61-78(99(16,17)18)62-88-89(87)100(82)83-48-45-70(72-52-75(96(7,8)9)58-76(53-72)97(10,11)12)56-86(83)105(88)90-80(65-38-28-21-29-39-65)59-77(98(13,14)15)60-81(90)93-102-91(66-40-30-22-31-41-66)101-92(103-93)67-42-32-23-33-43-67/h19-62H,1-18H3. The lowest BCUT2D eigenvalue weighted by Gasteiger charge is -2.46. The summed E-state index contributed by atoms with van der Waals surface area (Å²) < 4.78 is 0. The van der Waals surface area contributed by atoms with E-state index in [1.54, 1.807) is 0 Å². The first-order valence-corrected chi connectivity index (χ1v) is 37.6. The molecule has 1 aromatic heterocycles. The Bertz CT molecular complexity index is 5340. The first-order valence-electron chi connectivity index (χ1n) is 37.6. The summed E-state index contributed by atoms with van der Waals surface area (Å²) in [4.78, 5) is 22.2. The van der Waals surface area contributed by atoms with Crippen molar-refractivity contribution in [2.45, 2.75) is 157 Å². The van der Waals surface area contributed by atoms with Crippen LogP contribution in [0.1, 0.15) is 158 Å². The fourth-order valence-corrected chi connectivity index (χ4v) is 15.2. The number of hydrogen-bond donors (Lipinski definition) is 0. The molecule has 15 rings (SSSR count). The Morgan fingerprint density at radius 2 is 0.543 bits per heavy atom. The van der Waals surface area contributed by atoms with Gasteiger partial charge in [0.1, 0.15) is 0 Å². The van der Waals surface area contributed by atoms with Crippen molar-refractivity contribution in [3.8, 4) is 89.8 Å². The predicted molar refractivity (Wildman–Crippen MR) is 450 cm³/mol. The van der Waals surface area contributed by atoms with Crippen LogP contribution in [-0.4, -0.2) is 21.7 Å². The maximum Gasteiger partial charge on any atom is 0.252 e. The summed E-state index contributed by atoms with van der Waals surface area (Å²) in [6.07, 6.45) is 0. The van der Waals surface area contributed by atoms with Gasteiger partial charge in [-0.3, -0.25) is 0 Å². The number of rotatable bonds is 10. The van der Waals surface area contributed by atoms with E-state index in [1.807, 2.05) is 0 Å². The summed E-state index contributed by atoms with van der Waals surface area (Å²) in [6.45, 7) is 42.0. The molecule has 0 bridgehead atoms. The van der Waals surface area contributed by atoms with Gasteiger partial charge in [0.25, 0.3) is 6.71 Å². The van der Waals surface area contributed by atoms with Gasteiger partial charge in [0.05, 0.1) is 11.4 Å². The molecule has 5 nitrogen and oxygen atoms in total. The Morgan fingerprint density at radius 3 is 0.962 bits per heavy atom. The van der Waals surface area contributed by atoms with E-state index in [-0.39, 0.29) is 39.2 Å². The third-order valence-electron chi connectivity index (χ3n) is 21.6. The topological polar surface area (TPSA) is 45.2 Å². The van der Waals surface area contributed by atoms with Crippen molar-refractivity contribution in [1.29, 1.82) is 0 Å². The quantitative estimate of drug-likeness (QED) is 0.128. The molecule has 2 aliphatic rings. The molecule has 0 unspecified atom stereocenters. The zero-order valence-corrected chi connectivity index (χ0v) is 64.7. The highest BCUT2D eigenvalue weighted by Gasteiger charge is 2.46. The van der Waals surface area contributed by atoms with Crippen LogP contribution in [0.15, 0.2) is 267 Å². The van der Waals surface area contributed by atoms with Gasteiger partial charge < -0.3 is 9.80 Å². The van der Waals surface area contributed by atoms with Crippen LogP contribution in [0, 0.1) is 0 Å². The highest BCUT2D eigenvalue weighted by Crippen LogP contribution is 2.54. The summed E-state index contributed by atoms with van der Waals surface area (Å²) in [6, 6.07) is 101. The summed E-state index contributed by atoms with van der Waals surface area (Å²) in [5.41, 5.74) is 31.0. The third kappa shape index (κ3) is 13.5. The third-order valence-corrected chi connectivity index (χ3v) is 21.6. The van der Waals surface area contributed by atoms with Gasteiger partial charge in [-0.1, -0.05) is 343 Å². The van der Waals surface area contributed by atoms with Crippen molar-refractivity contribution in [2.75, 3.05) is 9.80 Å². The molecular weight excluding hydrogens is 1270 g/mol. The molecule has 13 aromatic rings. The SMILES string of the molecule is CC(C)(C)c1cc(-c2ccc3c(c2)N(c2ccc(-c4ccccc4)cc2-c2ccccc2)c2cc(C(C)(C)C)cc4c2B3c2ccc(-c3cc(C(C)(C)C)cc(C(C)(C)C)c3)cc2N4c2c(-c3ccccc3)cc(C(C)(C)C)cc2-c2nc(-c3ccccc3)nc(-c3ccccc3)n2)cc(C(C)(C)C)c1. The lowest BCUT2D eigenvalue weighted by molar-refractivity contribution is 0.568. The maximum absolute atomic E-state index is 5.73. The minimum atomic E-state index is -0.347. The van der Waals surface area contributed by atoms with Crippen molar-refractivity contribution in [3.05, 3.63) is 300 Å². The van der Waals surface area contributed by atoms with Crippen molar-refractivity contribution in [2.24, 2.45) is 0 Å². The first kappa shape index (κ1) is 70.0. The molecule has 2 aliphatic heterocycles. The Balaban J connectivity index is 1.13. The maximum atomic E-state index is 5.73. The molecule has 0 aliphatic carbocycles. The minimum Gasteiger partial charge on any atom is -0.311 e. The van der Waals surface area contributed by atoms with Gasteiger partial charge in [0, 0.05) is 50.6 Å². The zero-order chi connectivity index (χ0) is 73.9. The van der Waals surface area contributed by atoms with Crippen LogP contribution in [0.5, 0.6) is 0 Å². The highest BCUT2D eigenvalue weighted by atomic mass is 15.2. The molecule has 3 heterocycles. The molecule has 12 aromatic carbocycles. The van der Waals surface area contributed by atoms with Gasteiger partial charge in [-0.05, 0) is 175 Å². The zero-order valence-electron chi connectivity index (χ0n) is 64.7. The van der Waals surface area contributed by atoms with E-state index >= 15 is 0 Å². The van der Waals surface area contributed by atoms with Gasteiger partial charge in [-0.2, -0.15) is 0 Å². The minimum absolute atomic E-state index is 0.0931. The largest absolute Gasteiger partial charge is 0.311 e. The van der Waals surface area contributed by atoms with E-state index in [2.05, 4.69) is 401 Å². The summed E-state index contributed by atoms with van der Waals surface area (Å²) in [5, 5.41) is 0. The first-order chi connectivity index (χ1) is 49.8. The van der Waals surface area contributed by atoms with Gasteiger partial charge in [0.2, 0.25) is 0 Å². The number of benzene rings is 12. The molecule has 0 atom stereocenters. The molecule has 0 N–H and O–H groups in total. The highest BCUT2D eigenvalue weighted by molar-refractivity contribution is 7.00. The van der Waals surface area contributed by atoms with Crippen molar-refractivity contribution < 1.29 is 0 Å². The predicted octanol–water partition coefficient (Wildman–Crippen LogP) is 25.1. The van der Waals surface area contributed by atoms with Gasteiger partial charge in [-0.15, -0.1) is 0 Å². The molecule has 0 amide bonds. The average Bonchev–Trinajstić information content (AvgIpc) is 0.687. The van der Waals surface area contributed by atoms with E-state index in [1.165, 1.54) is 66.5 Å². The lowest BCUT2D eigenvalue weighted by atomic mass is 9.33. The molecule has 0 spiro atoms. The van der Waals surface area contributed by atoms with Crippen LogP contribution in [0.25, 0.3) is 89.8 Å². The molecule has 0 fully saturated rings. The van der Waals surface area contributed by atoms with Crippen LogP contribution < -0.4 is 26.2 Å². The molecular formula is C99H98BN5. The number of anilines is 6. The van der Waals surface area contributed by atoms with Crippen molar-refractivity contribution in [1.82, 2.24) is 15.0 Å². The van der Waals surface area contributed by atoms with Crippen LogP contribution in [0.4, 0.5) is 34.1 Å².